The number of aromatic nitrogens is 1. The summed E-state index contributed by atoms with van der Waals surface area (Å²) in [5.74, 6) is 0.765. The molecule has 2 heterocycles. The average Bonchev–Trinajstić information content (AvgIpc) is 3.19. The number of carbonyl (C=O) groups is 1. The third-order valence-electron chi connectivity index (χ3n) is 3.05. The lowest BCUT2D eigenvalue weighted by Crippen LogP contribution is -2.13. The molecule has 3 aromatic rings. The molecule has 6 heteroatoms. The first-order valence-electron chi connectivity index (χ1n) is 6.67. The topological polar surface area (TPSA) is 51.2 Å². The van der Waals surface area contributed by atoms with Gasteiger partial charge in [0.25, 0.3) is 0 Å². The fourth-order valence-corrected chi connectivity index (χ4v) is 3.40. The summed E-state index contributed by atoms with van der Waals surface area (Å²) >= 11 is 3.00. The molecule has 0 bridgehead atoms. The highest BCUT2D eigenvalue weighted by Crippen LogP contribution is 2.26. The molecule has 0 spiro atoms. The number of ether oxygens (including phenoxy) is 1. The number of amides is 1. The fraction of sp³-hybridized carbons (Fsp3) is 0.125. The lowest BCUT2D eigenvalue weighted by molar-refractivity contribution is -0.115. The van der Waals surface area contributed by atoms with Crippen LogP contribution < -0.4 is 10.1 Å². The maximum atomic E-state index is 12.0. The van der Waals surface area contributed by atoms with Crippen LogP contribution >= 0.6 is 22.7 Å². The van der Waals surface area contributed by atoms with Gasteiger partial charge in [-0.05, 0) is 35.7 Å². The third kappa shape index (κ3) is 3.52. The van der Waals surface area contributed by atoms with Gasteiger partial charge in [0.05, 0.1) is 19.2 Å². The van der Waals surface area contributed by atoms with Crippen LogP contribution in [0.15, 0.2) is 47.2 Å². The second kappa shape index (κ2) is 6.72. The number of rotatable bonds is 5. The Morgan fingerprint density at radius 1 is 1.23 bits per heavy atom. The van der Waals surface area contributed by atoms with Gasteiger partial charge in [0.1, 0.15) is 5.75 Å². The van der Waals surface area contributed by atoms with E-state index in [-0.39, 0.29) is 5.91 Å². The van der Waals surface area contributed by atoms with Crippen molar-refractivity contribution < 1.29 is 9.53 Å². The van der Waals surface area contributed by atoms with Crippen molar-refractivity contribution in [3.05, 3.63) is 52.0 Å². The number of carbonyl (C=O) groups excluding carboxylic acids is 1. The summed E-state index contributed by atoms with van der Waals surface area (Å²) in [6, 6.07) is 11.6. The molecule has 2 aromatic heterocycles. The molecule has 0 fully saturated rings. The summed E-state index contributed by atoms with van der Waals surface area (Å²) in [5, 5.41) is 7.36. The third-order valence-corrected chi connectivity index (χ3v) is 4.69. The summed E-state index contributed by atoms with van der Waals surface area (Å²) in [6.07, 6.45) is 0.384. The molecule has 0 atom stereocenters. The van der Waals surface area contributed by atoms with Gasteiger partial charge in [-0.25, -0.2) is 4.98 Å². The minimum absolute atomic E-state index is 0.0434. The maximum absolute atomic E-state index is 12.0. The Kier molecular flexibility index (Phi) is 4.50. The Morgan fingerprint density at radius 3 is 2.73 bits per heavy atom. The minimum Gasteiger partial charge on any atom is -0.497 e. The molecule has 3 rings (SSSR count). The highest BCUT2D eigenvalue weighted by Gasteiger charge is 2.09. The Balaban J connectivity index is 1.66. The number of thiazole rings is 1. The van der Waals surface area contributed by atoms with Gasteiger partial charge in [0.15, 0.2) is 5.13 Å². The van der Waals surface area contributed by atoms with Crippen LogP contribution in [0.25, 0.3) is 11.3 Å². The Hall–Kier alpha value is -2.18. The van der Waals surface area contributed by atoms with Crippen LogP contribution in [0.5, 0.6) is 5.75 Å². The van der Waals surface area contributed by atoms with Crippen LogP contribution in [-0.2, 0) is 11.2 Å². The molecular weight excluding hydrogens is 316 g/mol. The van der Waals surface area contributed by atoms with Gasteiger partial charge in [-0.2, -0.15) is 0 Å². The van der Waals surface area contributed by atoms with Gasteiger partial charge >= 0.3 is 0 Å². The van der Waals surface area contributed by atoms with E-state index in [0.717, 1.165) is 21.9 Å². The number of hydrogen-bond acceptors (Lipinski definition) is 5. The molecule has 0 aliphatic rings. The number of nitrogens with one attached hydrogen (secondary N) is 1. The van der Waals surface area contributed by atoms with E-state index in [9.17, 15) is 4.79 Å². The number of anilines is 1. The fourth-order valence-electron chi connectivity index (χ4n) is 1.96. The van der Waals surface area contributed by atoms with Gasteiger partial charge in [0, 0.05) is 15.8 Å². The molecule has 0 aliphatic heterocycles. The molecule has 1 amide bonds. The normalized spacial score (nSPS) is 10.4. The minimum atomic E-state index is -0.0434. The average molecular weight is 330 g/mol. The highest BCUT2D eigenvalue weighted by molar-refractivity contribution is 7.14. The molecule has 0 saturated heterocycles. The maximum Gasteiger partial charge on any atom is 0.231 e. The zero-order valence-corrected chi connectivity index (χ0v) is 13.5. The molecule has 1 aromatic carbocycles. The summed E-state index contributed by atoms with van der Waals surface area (Å²) in [7, 11) is 1.64. The predicted octanol–water partition coefficient (Wildman–Crippen LogP) is 4.06. The van der Waals surface area contributed by atoms with Crippen LogP contribution in [0.1, 0.15) is 4.88 Å². The summed E-state index contributed by atoms with van der Waals surface area (Å²) in [5.41, 5.74) is 1.84. The van der Waals surface area contributed by atoms with Crippen molar-refractivity contribution in [3.8, 4) is 17.0 Å². The van der Waals surface area contributed by atoms with Crippen molar-refractivity contribution in [2.75, 3.05) is 12.4 Å². The van der Waals surface area contributed by atoms with Crippen LogP contribution in [0.4, 0.5) is 5.13 Å². The van der Waals surface area contributed by atoms with Crippen molar-refractivity contribution in [2.45, 2.75) is 6.42 Å². The van der Waals surface area contributed by atoms with E-state index in [1.165, 1.54) is 11.3 Å². The highest BCUT2D eigenvalue weighted by atomic mass is 32.1. The zero-order valence-electron chi connectivity index (χ0n) is 11.9. The van der Waals surface area contributed by atoms with Crippen molar-refractivity contribution in [1.82, 2.24) is 4.98 Å². The lowest BCUT2D eigenvalue weighted by atomic mass is 10.2. The first-order valence-corrected chi connectivity index (χ1v) is 8.43. The smallest absolute Gasteiger partial charge is 0.231 e. The molecule has 112 valence electrons. The number of hydrogen-bond donors (Lipinski definition) is 1. The molecule has 0 aliphatic carbocycles. The lowest BCUT2D eigenvalue weighted by Gasteiger charge is -2.01. The van der Waals surface area contributed by atoms with E-state index < -0.39 is 0 Å². The quantitative estimate of drug-likeness (QED) is 0.767. The summed E-state index contributed by atoms with van der Waals surface area (Å²) in [6.45, 7) is 0. The molecule has 0 unspecified atom stereocenters. The molecule has 0 radical (unpaired) electrons. The standard InChI is InChI=1S/C16H14N2O2S2/c1-20-12-6-4-11(5-7-12)14-10-22-16(17-14)18-15(19)9-13-3-2-8-21-13/h2-8,10H,9H2,1H3,(H,17,18,19). The van der Waals surface area contributed by atoms with Crippen LogP contribution in [-0.4, -0.2) is 18.0 Å². The van der Waals surface area contributed by atoms with Crippen LogP contribution in [0.2, 0.25) is 0 Å². The van der Waals surface area contributed by atoms with Gasteiger partial charge in [0.2, 0.25) is 5.91 Å². The van der Waals surface area contributed by atoms with Crippen LogP contribution in [0.3, 0.4) is 0 Å². The Labute approximate surface area is 136 Å². The van der Waals surface area contributed by atoms with E-state index in [4.69, 9.17) is 4.74 Å². The largest absolute Gasteiger partial charge is 0.497 e. The van der Waals surface area contributed by atoms with Gasteiger partial charge < -0.3 is 10.1 Å². The van der Waals surface area contributed by atoms with E-state index in [0.29, 0.717) is 11.6 Å². The molecule has 1 N–H and O–H groups in total. The number of nitrogens with zero attached hydrogens (tertiary/aromatic N) is 1. The monoisotopic (exact) mass is 330 g/mol. The number of thiophene rings is 1. The molecule has 4 nitrogen and oxygen atoms in total. The second-order valence-electron chi connectivity index (χ2n) is 4.57. The Morgan fingerprint density at radius 2 is 2.05 bits per heavy atom. The first kappa shape index (κ1) is 14.7. The van der Waals surface area contributed by atoms with Gasteiger partial charge in [-0.3, -0.25) is 4.79 Å². The number of benzene rings is 1. The second-order valence-corrected chi connectivity index (χ2v) is 6.46. The first-order chi connectivity index (χ1) is 10.7. The van der Waals surface area contributed by atoms with E-state index in [2.05, 4.69) is 10.3 Å². The Bertz CT molecular complexity index is 749. The van der Waals surface area contributed by atoms with Gasteiger partial charge in [-0.1, -0.05) is 6.07 Å². The van der Waals surface area contributed by atoms with E-state index in [1.54, 1.807) is 18.4 Å². The van der Waals surface area contributed by atoms with E-state index >= 15 is 0 Å². The molecular formula is C16H14N2O2S2. The van der Waals surface area contributed by atoms with Crippen LogP contribution in [0, 0.1) is 0 Å². The van der Waals surface area contributed by atoms with Crippen molar-refractivity contribution in [1.29, 1.82) is 0 Å². The SMILES string of the molecule is COc1ccc(-c2csc(NC(=O)Cc3cccs3)n2)cc1. The number of methoxy groups -OCH3 is 1. The van der Waals surface area contributed by atoms with Gasteiger partial charge in [-0.15, -0.1) is 22.7 Å². The van der Waals surface area contributed by atoms with Crippen molar-refractivity contribution >= 4 is 33.7 Å². The molecule has 0 saturated carbocycles. The van der Waals surface area contributed by atoms with Crippen molar-refractivity contribution in [2.24, 2.45) is 0 Å². The summed E-state index contributed by atoms with van der Waals surface area (Å²) < 4.78 is 5.14. The van der Waals surface area contributed by atoms with Crippen molar-refractivity contribution in [3.63, 3.8) is 0 Å². The predicted molar refractivity (Wildman–Crippen MR) is 90.8 cm³/mol. The molecule has 22 heavy (non-hydrogen) atoms. The van der Waals surface area contributed by atoms with E-state index in [1.807, 2.05) is 47.2 Å². The zero-order chi connectivity index (χ0) is 15.4. The summed E-state index contributed by atoms with van der Waals surface area (Å²) in [4.78, 5) is 17.5.